The van der Waals surface area contributed by atoms with Gasteiger partial charge in [-0.05, 0) is 54.3 Å². The van der Waals surface area contributed by atoms with Gasteiger partial charge in [0.25, 0.3) is 0 Å². The summed E-state index contributed by atoms with van der Waals surface area (Å²) >= 11 is 0. The van der Waals surface area contributed by atoms with Crippen molar-refractivity contribution in [2.24, 2.45) is 11.7 Å². The van der Waals surface area contributed by atoms with Crippen molar-refractivity contribution >= 4 is 22.4 Å². The molecule has 0 radical (unpaired) electrons. The summed E-state index contributed by atoms with van der Waals surface area (Å²) in [4.78, 5) is 9.31. The van der Waals surface area contributed by atoms with Crippen LogP contribution in [0.25, 0.3) is 38.8 Å². The van der Waals surface area contributed by atoms with E-state index >= 15 is 0 Å². The third-order valence-corrected chi connectivity index (χ3v) is 6.43. The minimum Gasteiger partial charge on any atom is -0.349 e. The molecule has 1 atom stereocenters. The molecule has 0 aliphatic heterocycles. The molecule has 0 bridgehead atoms. The predicted molar refractivity (Wildman–Crippen MR) is 137 cm³/mol. The fourth-order valence-electron chi connectivity index (χ4n) is 4.50. The van der Waals surface area contributed by atoms with Crippen LogP contribution in [0.4, 0.5) is 5.95 Å². The molecule has 0 saturated carbocycles. The van der Waals surface area contributed by atoms with E-state index in [0.717, 1.165) is 33.4 Å². The van der Waals surface area contributed by atoms with Crippen LogP contribution in [-0.4, -0.2) is 36.1 Å². The third kappa shape index (κ3) is 3.88. The van der Waals surface area contributed by atoms with Gasteiger partial charge in [-0.25, -0.2) is 4.98 Å². The van der Waals surface area contributed by atoms with Crippen LogP contribution in [0.1, 0.15) is 27.7 Å². The monoisotopic (exact) mass is 451 g/mol. The lowest BCUT2D eigenvalue weighted by Crippen LogP contribution is -2.52. The summed E-state index contributed by atoms with van der Waals surface area (Å²) in [6.07, 6.45) is 5.25. The van der Waals surface area contributed by atoms with Crippen molar-refractivity contribution in [3.63, 3.8) is 0 Å². The van der Waals surface area contributed by atoms with E-state index in [2.05, 4.69) is 78.5 Å². The topological polar surface area (TPSA) is 94.0 Å². The summed E-state index contributed by atoms with van der Waals surface area (Å²) in [6, 6.07) is 18.6. The lowest BCUT2D eigenvalue weighted by atomic mass is 9.87. The van der Waals surface area contributed by atoms with E-state index < -0.39 is 5.54 Å². The van der Waals surface area contributed by atoms with E-state index in [1.54, 1.807) is 18.7 Å². The molecule has 0 amide bonds. The zero-order valence-electron chi connectivity index (χ0n) is 19.9. The van der Waals surface area contributed by atoms with Crippen molar-refractivity contribution < 1.29 is 0 Å². The molecule has 1 unspecified atom stereocenters. The molecule has 7 heteroatoms. The minimum absolute atomic E-state index is 0.0784. The number of anilines is 1. The van der Waals surface area contributed by atoms with Crippen LogP contribution in [0.15, 0.2) is 73.3 Å². The third-order valence-electron chi connectivity index (χ3n) is 6.43. The van der Waals surface area contributed by atoms with Gasteiger partial charge in [-0.1, -0.05) is 50.2 Å². The van der Waals surface area contributed by atoms with Gasteiger partial charge < -0.3 is 11.1 Å². The summed E-state index contributed by atoms with van der Waals surface area (Å²) in [5.41, 5.74) is 10.6. The molecule has 0 spiro atoms. The number of pyridine rings is 1. The first-order chi connectivity index (χ1) is 16.3. The zero-order valence-corrected chi connectivity index (χ0v) is 19.9. The van der Waals surface area contributed by atoms with Crippen LogP contribution in [0.2, 0.25) is 0 Å². The van der Waals surface area contributed by atoms with Crippen LogP contribution in [0.5, 0.6) is 0 Å². The van der Waals surface area contributed by atoms with Crippen molar-refractivity contribution in [2.75, 3.05) is 5.32 Å². The highest BCUT2D eigenvalue weighted by molar-refractivity contribution is 5.95. The van der Waals surface area contributed by atoms with Crippen molar-refractivity contribution in [3.8, 4) is 22.4 Å². The number of nitrogens with one attached hydrogen (secondary N) is 1. The molecule has 5 aromatic rings. The molecule has 3 aromatic heterocycles. The Bertz CT molecular complexity index is 1450. The molecule has 2 aromatic carbocycles. The van der Waals surface area contributed by atoms with Crippen molar-refractivity contribution in [1.29, 1.82) is 0 Å². The zero-order chi connectivity index (χ0) is 23.9. The predicted octanol–water partition coefficient (Wildman–Crippen LogP) is 5.18. The molecular weight excluding hydrogens is 422 g/mol. The van der Waals surface area contributed by atoms with Gasteiger partial charge >= 0.3 is 0 Å². The van der Waals surface area contributed by atoms with Crippen molar-refractivity contribution in [2.45, 2.75) is 39.3 Å². The quantitative estimate of drug-likeness (QED) is 0.369. The van der Waals surface area contributed by atoms with Gasteiger partial charge in [0.2, 0.25) is 5.95 Å². The minimum atomic E-state index is -0.404. The highest BCUT2D eigenvalue weighted by atomic mass is 15.3. The molecule has 0 fully saturated rings. The highest BCUT2D eigenvalue weighted by Crippen LogP contribution is 2.37. The number of rotatable bonds is 6. The molecule has 34 heavy (non-hydrogen) atoms. The number of aromatic nitrogens is 5. The summed E-state index contributed by atoms with van der Waals surface area (Å²) in [7, 11) is 0. The maximum atomic E-state index is 6.55. The van der Waals surface area contributed by atoms with E-state index in [1.165, 1.54) is 5.39 Å². The average molecular weight is 452 g/mol. The first-order valence-corrected chi connectivity index (χ1v) is 11.5. The number of nitrogens with zero attached hydrogens (tertiary/aromatic N) is 5. The summed E-state index contributed by atoms with van der Waals surface area (Å²) in [5.74, 6) is 0.952. The van der Waals surface area contributed by atoms with Crippen LogP contribution in [-0.2, 0) is 0 Å². The molecule has 0 aliphatic rings. The number of nitrogens with two attached hydrogens (primary N) is 1. The van der Waals surface area contributed by atoms with E-state index in [9.17, 15) is 0 Å². The largest absolute Gasteiger partial charge is 0.349 e. The fourth-order valence-corrected chi connectivity index (χ4v) is 4.50. The lowest BCUT2D eigenvalue weighted by molar-refractivity contribution is 0.353. The Balaban J connectivity index is 1.76. The first kappa shape index (κ1) is 22.0. The molecule has 0 saturated heterocycles. The maximum Gasteiger partial charge on any atom is 0.211 e. The van der Waals surface area contributed by atoms with Crippen LogP contribution in [0.3, 0.4) is 0 Å². The highest BCUT2D eigenvalue weighted by Gasteiger charge is 2.31. The summed E-state index contributed by atoms with van der Waals surface area (Å²) < 4.78 is 1.91. The Morgan fingerprint density at radius 2 is 1.68 bits per heavy atom. The molecule has 7 nitrogen and oxygen atoms in total. The number of hydrogen-bond acceptors (Lipinski definition) is 6. The van der Waals surface area contributed by atoms with E-state index in [0.29, 0.717) is 11.9 Å². The second-order valence-corrected chi connectivity index (χ2v) is 9.60. The van der Waals surface area contributed by atoms with Crippen LogP contribution >= 0.6 is 0 Å². The first-order valence-electron chi connectivity index (χ1n) is 11.5. The maximum absolute atomic E-state index is 6.55. The molecule has 172 valence electrons. The van der Waals surface area contributed by atoms with E-state index in [-0.39, 0.29) is 6.04 Å². The molecule has 3 heterocycles. The molecule has 0 aliphatic carbocycles. The SMILES string of the molecule is CC(C)C(N)C(C)(C)Nc1nc(-c2ccncc2)c(-c2ccc3ccccc3c2)c2nncn12. The van der Waals surface area contributed by atoms with Gasteiger partial charge in [0.15, 0.2) is 5.65 Å². The Morgan fingerprint density at radius 3 is 2.41 bits per heavy atom. The Hall–Kier alpha value is -3.84. The van der Waals surface area contributed by atoms with Gasteiger partial charge in [0.05, 0.1) is 11.3 Å². The van der Waals surface area contributed by atoms with Gasteiger partial charge in [-0.3, -0.25) is 9.38 Å². The van der Waals surface area contributed by atoms with Crippen molar-refractivity contribution in [1.82, 2.24) is 24.6 Å². The van der Waals surface area contributed by atoms with Crippen LogP contribution < -0.4 is 11.1 Å². The van der Waals surface area contributed by atoms with Crippen molar-refractivity contribution in [3.05, 3.63) is 73.3 Å². The van der Waals surface area contributed by atoms with Gasteiger partial charge in [-0.15, -0.1) is 10.2 Å². The second kappa shape index (κ2) is 8.50. The van der Waals surface area contributed by atoms with Gasteiger partial charge in [-0.2, -0.15) is 0 Å². The number of hydrogen-bond donors (Lipinski definition) is 2. The van der Waals surface area contributed by atoms with E-state index in [4.69, 9.17) is 10.7 Å². The second-order valence-electron chi connectivity index (χ2n) is 9.60. The molecule has 5 rings (SSSR count). The fraction of sp³-hybridized carbons (Fsp3) is 0.259. The van der Waals surface area contributed by atoms with Gasteiger partial charge in [0.1, 0.15) is 6.33 Å². The average Bonchev–Trinajstić information content (AvgIpc) is 3.33. The smallest absolute Gasteiger partial charge is 0.211 e. The molecular formula is C27H29N7. The Morgan fingerprint density at radius 1 is 0.941 bits per heavy atom. The summed E-state index contributed by atoms with van der Waals surface area (Å²) in [6.45, 7) is 8.44. The van der Waals surface area contributed by atoms with Gasteiger partial charge in [0, 0.05) is 29.5 Å². The van der Waals surface area contributed by atoms with Crippen LogP contribution in [0, 0.1) is 5.92 Å². The number of fused-ring (bicyclic) bond motifs is 2. The lowest BCUT2D eigenvalue weighted by Gasteiger charge is -2.35. The normalized spacial score (nSPS) is 13.0. The summed E-state index contributed by atoms with van der Waals surface area (Å²) in [5, 5.41) is 14.7. The Labute approximate surface area is 199 Å². The van der Waals surface area contributed by atoms with E-state index in [1.807, 2.05) is 28.7 Å². The number of benzene rings is 2. The Kier molecular flexibility index (Phi) is 5.49. The standard InChI is InChI=1S/C27H29N7/c1-17(2)24(28)27(3,4)32-26-31-23(19-11-13-29-14-12-19)22(25-33-30-16-34(25)26)21-10-9-18-7-5-6-8-20(18)15-21/h5-17,24H,28H2,1-4H3,(H,31,32). The molecule has 3 N–H and O–H groups in total.